The third-order valence-electron chi connectivity index (χ3n) is 6.30. The van der Waals surface area contributed by atoms with Crippen LogP contribution in [0.15, 0.2) is 42.5 Å². The lowest BCUT2D eigenvalue weighted by Gasteiger charge is -2.23. The first-order valence-corrected chi connectivity index (χ1v) is 12.3. The maximum atomic E-state index is 13.1. The average molecular weight is 499 g/mol. The lowest BCUT2D eigenvalue weighted by molar-refractivity contribution is 0.0926. The van der Waals surface area contributed by atoms with Gasteiger partial charge >= 0.3 is 0 Å². The molecule has 2 amide bonds. The Labute approximate surface area is 209 Å². The summed E-state index contributed by atoms with van der Waals surface area (Å²) < 4.78 is 1.77. The molecule has 8 heteroatoms. The van der Waals surface area contributed by atoms with Gasteiger partial charge in [-0.05, 0) is 56.5 Å². The van der Waals surface area contributed by atoms with E-state index in [1.165, 1.54) is 6.42 Å². The van der Waals surface area contributed by atoms with Crippen molar-refractivity contribution in [1.29, 1.82) is 0 Å². The number of benzene rings is 2. The van der Waals surface area contributed by atoms with Gasteiger partial charge in [-0.1, -0.05) is 60.7 Å². The van der Waals surface area contributed by atoms with Crippen molar-refractivity contribution >= 4 is 40.7 Å². The lowest BCUT2D eigenvalue weighted by Crippen LogP contribution is -2.36. The van der Waals surface area contributed by atoms with Crippen molar-refractivity contribution in [1.82, 2.24) is 15.1 Å². The Kier molecular flexibility index (Phi) is 7.59. The van der Waals surface area contributed by atoms with Gasteiger partial charge in [-0.15, -0.1) is 0 Å². The van der Waals surface area contributed by atoms with Gasteiger partial charge in [0.2, 0.25) is 0 Å². The van der Waals surface area contributed by atoms with E-state index in [-0.39, 0.29) is 17.9 Å². The van der Waals surface area contributed by atoms with Crippen LogP contribution in [-0.2, 0) is 6.54 Å². The summed E-state index contributed by atoms with van der Waals surface area (Å²) in [5.41, 5.74) is 3.63. The predicted molar refractivity (Wildman–Crippen MR) is 136 cm³/mol. The number of aryl methyl sites for hydroxylation is 1. The second-order valence-corrected chi connectivity index (χ2v) is 9.57. The molecule has 0 aliphatic heterocycles. The van der Waals surface area contributed by atoms with Crippen LogP contribution in [0.5, 0.6) is 0 Å². The summed E-state index contributed by atoms with van der Waals surface area (Å²) in [6.07, 6.45) is 5.42. The largest absolute Gasteiger partial charge is 0.349 e. The molecule has 6 nitrogen and oxygen atoms in total. The Morgan fingerprint density at radius 3 is 2.47 bits per heavy atom. The predicted octanol–water partition coefficient (Wildman–Crippen LogP) is 6.17. The van der Waals surface area contributed by atoms with E-state index < -0.39 is 0 Å². The van der Waals surface area contributed by atoms with Crippen LogP contribution in [0.25, 0.3) is 0 Å². The molecule has 4 rings (SSSR count). The number of nitrogens with one attached hydrogen (secondary N) is 2. The van der Waals surface area contributed by atoms with Crippen molar-refractivity contribution in [3.05, 3.63) is 80.6 Å². The van der Waals surface area contributed by atoms with Crippen LogP contribution < -0.4 is 10.6 Å². The minimum Gasteiger partial charge on any atom is -0.349 e. The van der Waals surface area contributed by atoms with Gasteiger partial charge < -0.3 is 10.6 Å². The smallest absolute Gasteiger partial charge is 0.259 e. The fraction of sp³-hybridized carbons (Fsp3) is 0.346. The minimum absolute atomic E-state index is 0.171. The highest BCUT2D eigenvalue weighted by Gasteiger charge is 2.22. The molecule has 1 fully saturated rings. The van der Waals surface area contributed by atoms with Crippen molar-refractivity contribution in [2.75, 3.05) is 5.32 Å². The molecule has 2 N–H and O–H groups in total. The van der Waals surface area contributed by atoms with E-state index in [0.717, 1.165) is 36.9 Å². The molecule has 1 aromatic heterocycles. The summed E-state index contributed by atoms with van der Waals surface area (Å²) in [5.74, 6) is -0.505. The van der Waals surface area contributed by atoms with Crippen LogP contribution in [0.4, 0.5) is 5.69 Å². The van der Waals surface area contributed by atoms with E-state index in [2.05, 4.69) is 15.7 Å². The Morgan fingerprint density at radius 1 is 1.00 bits per heavy atom. The van der Waals surface area contributed by atoms with Crippen molar-refractivity contribution in [3.63, 3.8) is 0 Å². The molecule has 34 heavy (non-hydrogen) atoms. The number of carbonyl (C=O) groups is 2. The number of nitrogens with zero attached hydrogens (tertiary/aromatic N) is 2. The SMILES string of the molecule is Cc1nn(Cc2ccccc2Cl)c(C)c1C(=O)Nc1ccc(Cl)c(C(=O)NC2CCCCC2)c1. The number of hydrogen-bond donors (Lipinski definition) is 2. The van der Waals surface area contributed by atoms with Gasteiger partial charge in [0, 0.05) is 22.4 Å². The van der Waals surface area contributed by atoms with E-state index >= 15 is 0 Å². The van der Waals surface area contributed by atoms with E-state index in [9.17, 15) is 9.59 Å². The number of rotatable bonds is 6. The van der Waals surface area contributed by atoms with Crippen LogP contribution in [0.3, 0.4) is 0 Å². The van der Waals surface area contributed by atoms with Gasteiger partial charge in [0.1, 0.15) is 0 Å². The summed E-state index contributed by atoms with van der Waals surface area (Å²) in [6, 6.07) is 12.7. The minimum atomic E-state index is -0.290. The first-order valence-electron chi connectivity index (χ1n) is 11.5. The molecule has 178 valence electrons. The number of carbonyl (C=O) groups excluding carboxylic acids is 2. The molecular weight excluding hydrogens is 471 g/mol. The summed E-state index contributed by atoms with van der Waals surface area (Å²) >= 11 is 12.6. The zero-order valence-corrected chi connectivity index (χ0v) is 20.8. The van der Waals surface area contributed by atoms with Crippen molar-refractivity contribution in [2.45, 2.75) is 58.5 Å². The molecule has 0 saturated heterocycles. The van der Waals surface area contributed by atoms with Crippen molar-refractivity contribution in [3.8, 4) is 0 Å². The molecule has 1 saturated carbocycles. The van der Waals surface area contributed by atoms with Crippen molar-refractivity contribution in [2.24, 2.45) is 0 Å². The topological polar surface area (TPSA) is 76.0 Å². The third kappa shape index (κ3) is 5.45. The Hall–Kier alpha value is -2.83. The van der Waals surface area contributed by atoms with Gasteiger partial charge in [-0.25, -0.2) is 0 Å². The molecule has 3 aromatic rings. The molecule has 1 aliphatic carbocycles. The van der Waals surface area contributed by atoms with E-state index in [0.29, 0.717) is 39.1 Å². The highest BCUT2D eigenvalue weighted by molar-refractivity contribution is 6.34. The first-order chi connectivity index (χ1) is 16.3. The molecular formula is C26H28Cl2N4O2. The highest BCUT2D eigenvalue weighted by atomic mass is 35.5. The Bertz CT molecular complexity index is 1220. The van der Waals surface area contributed by atoms with Crippen LogP contribution >= 0.6 is 23.2 Å². The maximum absolute atomic E-state index is 13.1. The third-order valence-corrected chi connectivity index (χ3v) is 6.99. The second-order valence-electron chi connectivity index (χ2n) is 8.75. The highest BCUT2D eigenvalue weighted by Crippen LogP contribution is 2.25. The lowest BCUT2D eigenvalue weighted by atomic mass is 9.95. The zero-order valence-electron chi connectivity index (χ0n) is 19.3. The number of hydrogen-bond acceptors (Lipinski definition) is 3. The molecule has 1 aliphatic rings. The number of aromatic nitrogens is 2. The fourth-order valence-electron chi connectivity index (χ4n) is 4.45. The monoisotopic (exact) mass is 498 g/mol. The Balaban J connectivity index is 1.50. The normalized spacial score (nSPS) is 14.1. The molecule has 0 spiro atoms. The van der Waals surface area contributed by atoms with Gasteiger partial charge in [-0.3, -0.25) is 14.3 Å². The molecule has 0 radical (unpaired) electrons. The van der Waals surface area contributed by atoms with Crippen LogP contribution in [0.1, 0.15) is 69.8 Å². The summed E-state index contributed by atoms with van der Waals surface area (Å²) in [6.45, 7) is 4.12. The summed E-state index contributed by atoms with van der Waals surface area (Å²) in [4.78, 5) is 26.0. The Morgan fingerprint density at radius 2 is 1.74 bits per heavy atom. The molecule has 2 aromatic carbocycles. The van der Waals surface area contributed by atoms with Crippen LogP contribution in [-0.4, -0.2) is 27.6 Å². The molecule has 1 heterocycles. The van der Waals surface area contributed by atoms with E-state index in [1.54, 1.807) is 29.8 Å². The van der Waals surface area contributed by atoms with Crippen LogP contribution in [0.2, 0.25) is 10.0 Å². The zero-order chi connectivity index (χ0) is 24.2. The van der Waals surface area contributed by atoms with Gasteiger partial charge in [-0.2, -0.15) is 5.10 Å². The number of halogens is 2. The summed E-state index contributed by atoms with van der Waals surface area (Å²) in [7, 11) is 0. The van der Waals surface area contributed by atoms with Gasteiger partial charge in [0.15, 0.2) is 0 Å². The maximum Gasteiger partial charge on any atom is 0.259 e. The first kappa shape index (κ1) is 24.3. The van der Waals surface area contributed by atoms with E-state index in [4.69, 9.17) is 23.2 Å². The molecule has 0 atom stereocenters. The fourth-order valence-corrected chi connectivity index (χ4v) is 4.85. The quantitative estimate of drug-likeness (QED) is 0.426. The standard InChI is InChI=1S/C26H28Cl2N4O2/c1-16-24(17(2)32(31-16)15-18-8-6-7-11-22(18)27)26(34)30-20-12-13-23(28)21(14-20)25(33)29-19-9-4-3-5-10-19/h6-8,11-14,19H,3-5,9-10,15H2,1-2H3,(H,29,33)(H,30,34). The molecule has 0 unspecified atom stereocenters. The van der Waals surface area contributed by atoms with E-state index in [1.807, 2.05) is 31.2 Å². The van der Waals surface area contributed by atoms with Crippen molar-refractivity contribution < 1.29 is 9.59 Å². The summed E-state index contributed by atoms with van der Waals surface area (Å²) in [5, 5.41) is 11.5. The van der Waals surface area contributed by atoms with Gasteiger partial charge in [0.25, 0.3) is 11.8 Å². The second kappa shape index (κ2) is 10.6. The number of amides is 2. The molecule has 0 bridgehead atoms. The number of anilines is 1. The van der Waals surface area contributed by atoms with Crippen LogP contribution in [0, 0.1) is 13.8 Å². The average Bonchev–Trinajstić information content (AvgIpc) is 3.10. The van der Waals surface area contributed by atoms with Gasteiger partial charge in [0.05, 0.1) is 28.4 Å².